The second-order valence-electron chi connectivity index (χ2n) is 32.1. The number of carboxylic acid groups (broad SMARTS) is 1. The molecule has 0 saturated carbocycles. The number of aliphatic hydroxyl groups excluding tert-OH is 11. The summed E-state index contributed by atoms with van der Waals surface area (Å²) in [6.07, 6.45) is -22.2. The molecule has 6 aromatic rings. The number of primary amides is 1. The van der Waals surface area contributed by atoms with E-state index in [4.69, 9.17) is 68.9 Å². The summed E-state index contributed by atoms with van der Waals surface area (Å²) in [5, 5.41) is 194. The number of likely N-dealkylation sites (N-methyl/N-ethyl adjacent to an activating group) is 1. The van der Waals surface area contributed by atoms with Crippen LogP contribution in [-0.4, -0.2) is 267 Å². The molecule has 7 aliphatic heterocycles. The van der Waals surface area contributed by atoms with E-state index in [0.717, 1.165) is 66.2 Å². The molecule has 7 aliphatic rings. The molecule has 128 heavy (non-hydrogen) atoms. The Balaban J connectivity index is 1.09. The van der Waals surface area contributed by atoms with Crippen LogP contribution in [0.25, 0.3) is 11.1 Å². The third-order valence-electron chi connectivity index (χ3n) is 22.5. The zero-order valence-corrected chi connectivity index (χ0v) is 70.8. The van der Waals surface area contributed by atoms with Crippen molar-refractivity contribution in [2.75, 3.05) is 33.4 Å². The molecule has 41 nitrogen and oxygen atoms in total. The van der Waals surface area contributed by atoms with Gasteiger partial charge in [-0.15, -0.1) is 6.42 Å². The van der Waals surface area contributed by atoms with E-state index in [9.17, 15) is 90.7 Å². The van der Waals surface area contributed by atoms with Crippen molar-refractivity contribution in [3.05, 3.63) is 152 Å². The predicted octanol–water partition coefficient (Wildman–Crippen LogP) is -2.05. The summed E-state index contributed by atoms with van der Waals surface area (Å²) in [5.74, 6) is -15.8. The Kier molecular flexibility index (Phi) is 31.9. The number of rotatable bonds is 27. The van der Waals surface area contributed by atoms with Crippen LogP contribution in [0.3, 0.4) is 0 Å². The molecule has 8 amide bonds. The van der Waals surface area contributed by atoms with Crippen molar-refractivity contribution in [2.45, 2.75) is 200 Å². The maximum atomic E-state index is 16.4. The number of carbonyl (C=O) groups excluding carboxylic acids is 8. The summed E-state index contributed by atoms with van der Waals surface area (Å²) in [7, 11) is 1.46. The van der Waals surface area contributed by atoms with Gasteiger partial charge in [-0.3, -0.25) is 38.4 Å². The molecule has 11 bridgehead atoms. The van der Waals surface area contributed by atoms with Crippen LogP contribution in [0, 0.1) is 18.3 Å². The van der Waals surface area contributed by atoms with E-state index in [1.807, 2.05) is 0 Å². The number of phenols is 3. The van der Waals surface area contributed by atoms with Gasteiger partial charge in [0.1, 0.15) is 108 Å². The van der Waals surface area contributed by atoms with E-state index in [1.54, 1.807) is 45.0 Å². The number of ether oxygens (including phenoxy) is 6. The number of hydrogen-bond donors (Lipinski definition) is 26. The van der Waals surface area contributed by atoms with Gasteiger partial charge < -0.3 is 164 Å². The minimum absolute atomic E-state index is 0.0185. The van der Waals surface area contributed by atoms with Crippen LogP contribution in [0.15, 0.2) is 97.1 Å². The Labute approximate surface area is 740 Å². The second kappa shape index (κ2) is 41.9. The van der Waals surface area contributed by atoms with Gasteiger partial charge in [-0.05, 0) is 141 Å². The minimum atomic E-state index is -2.45. The Hall–Kier alpha value is -11.2. The van der Waals surface area contributed by atoms with E-state index in [1.165, 1.54) is 26.1 Å². The average Bonchev–Trinajstić information content (AvgIpc) is 0.747. The molecule has 0 aromatic heterocycles. The maximum absolute atomic E-state index is 16.4. The molecule has 2 fully saturated rings. The molecule has 22 atom stereocenters. The van der Waals surface area contributed by atoms with E-state index < -0.39 is 302 Å². The number of terminal acetylenes is 1. The van der Waals surface area contributed by atoms with E-state index in [0.29, 0.717) is 5.56 Å². The SMILES string of the molecule is C#Cc1ccc(CN[C@@]2(C)C[C@H](O[C@H]3[C@H](Oc4c5cc6cc4Oc4ccc(cc4Cl)[C@@H](O)[C@@H](NC(=O)[C@@H](CC(C)C)NC)C(=O)N[C@@H](CC(N)=O)C(=O)N[C@H]6C(=O)N[C@H]4C(=O)N[C@H](C(=O)N[C@H](C(=O)O)c6cc(O)c(CNCCCNC(=O)[C@H](O)[C@@H](O)[C@H](O)[C@H](O)CO)c(O)c6-c6cc4ccc6O)[C@H](O)c4ccc(c(Cl)c4)O5)O[C@H](CO)[C@@H](O)[C@@H]3O)O[C@@H](C)[C@H]2O)cc1. The molecule has 7 heterocycles. The van der Waals surface area contributed by atoms with Crippen molar-refractivity contribution in [1.82, 2.24) is 53.2 Å². The number of carbonyl (C=O) groups is 9. The average molecular weight is 1830 g/mol. The van der Waals surface area contributed by atoms with Gasteiger partial charge in [0, 0.05) is 53.8 Å². The molecule has 27 N–H and O–H groups in total. The molecule has 0 aliphatic carbocycles. The van der Waals surface area contributed by atoms with Gasteiger partial charge >= 0.3 is 5.97 Å². The van der Waals surface area contributed by atoms with Crippen LogP contribution in [0.1, 0.15) is 128 Å². The molecule has 6 aromatic carbocycles. The zero-order chi connectivity index (χ0) is 93.4. The second-order valence-corrected chi connectivity index (χ2v) is 32.9. The molecular formula is C85H101Cl2N11O30. The minimum Gasteiger partial charge on any atom is -0.507 e. The van der Waals surface area contributed by atoms with Crippen molar-refractivity contribution < 1.29 is 148 Å². The topological polar surface area (TPSA) is 659 Å². The molecule has 0 unspecified atom stereocenters. The van der Waals surface area contributed by atoms with Gasteiger partial charge in [-0.1, -0.05) is 73.3 Å². The van der Waals surface area contributed by atoms with Crippen molar-refractivity contribution in [3.8, 4) is 69.5 Å². The number of hydrogen-bond acceptors (Lipinski definition) is 32. The quantitative estimate of drug-likeness (QED) is 0.0195. The van der Waals surface area contributed by atoms with E-state index in [-0.39, 0.29) is 55.9 Å². The number of nitrogens with two attached hydrogens (primary N) is 1. The number of amides is 8. The van der Waals surface area contributed by atoms with Gasteiger partial charge in [0.15, 0.2) is 36.0 Å². The van der Waals surface area contributed by atoms with Gasteiger partial charge in [0.25, 0.3) is 5.91 Å². The predicted molar refractivity (Wildman–Crippen MR) is 447 cm³/mol. The molecule has 0 radical (unpaired) electrons. The number of aliphatic carboxylic acids is 1. The first-order valence-electron chi connectivity index (χ1n) is 40.5. The fraction of sp³-hybridized carbons (Fsp3) is 0.447. The lowest BCUT2D eigenvalue weighted by atomic mass is 9.84. The smallest absolute Gasteiger partial charge is 0.330 e. The highest BCUT2D eigenvalue weighted by Crippen LogP contribution is 2.51. The fourth-order valence-electron chi connectivity index (χ4n) is 15.3. The highest BCUT2D eigenvalue weighted by molar-refractivity contribution is 6.32. The van der Waals surface area contributed by atoms with Crippen LogP contribution in [0.2, 0.25) is 10.0 Å². The van der Waals surface area contributed by atoms with E-state index >= 15 is 24.0 Å². The van der Waals surface area contributed by atoms with E-state index in [2.05, 4.69) is 59.1 Å². The first kappa shape index (κ1) is 97.4. The monoisotopic (exact) mass is 1830 g/mol. The Bertz CT molecular complexity index is 5170. The number of phenolic OH excluding ortho intramolecular Hbond substituents is 3. The van der Waals surface area contributed by atoms with Crippen LogP contribution >= 0.6 is 23.2 Å². The highest BCUT2D eigenvalue weighted by Gasteiger charge is 2.53. The van der Waals surface area contributed by atoms with Gasteiger partial charge in [0.05, 0.1) is 53.5 Å². The number of aromatic hydroxyl groups is 3. The summed E-state index contributed by atoms with van der Waals surface area (Å²) in [6.45, 7) is 4.03. The molecule has 2 saturated heterocycles. The zero-order valence-electron chi connectivity index (χ0n) is 69.3. The lowest BCUT2D eigenvalue weighted by Gasteiger charge is -2.48. The Morgan fingerprint density at radius 2 is 1.32 bits per heavy atom. The van der Waals surface area contributed by atoms with Crippen molar-refractivity contribution in [3.63, 3.8) is 0 Å². The molecule has 13 rings (SSSR count). The van der Waals surface area contributed by atoms with Crippen LogP contribution < -0.4 is 73.1 Å². The van der Waals surface area contributed by atoms with Crippen molar-refractivity contribution in [1.29, 1.82) is 0 Å². The molecular weight excluding hydrogens is 1730 g/mol. The summed E-state index contributed by atoms with van der Waals surface area (Å²) in [6, 6.07) is 4.43. The number of nitrogens with one attached hydrogen (secondary N) is 10. The summed E-state index contributed by atoms with van der Waals surface area (Å²) in [5.41, 5.74) is 1.97. The third kappa shape index (κ3) is 22.0. The van der Waals surface area contributed by atoms with Crippen LogP contribution in [0.5, 0.6) is 46.0 Å². The third-order valence-corrected chi connectivity index (χ3v) is 23.1. The van der Waals surface area contributed by atoms with Gasteiger partial charge in [0.2, 0.25) is 53.4 Å². The highest BCUT2D eigenvalue weighted by atomic mass is 35.5. The Morgan fingerprint density at radius 3 is 1.92 bits per heavy atom. The number of halogens is 2. The molecule has 43 heteroatoms. The standard InChI is InChI=1S/C85H101Cl2N11O30/c1-7-36-9-11-37(12-10-36)30-92-85(5)29-58(123-35(4)75(85)113)127-74-71(111)69(109)56(33-100)126-84(74)128-73-54-25-41-26-55(73)125-53-18-15-40(24-46(53)87)66(106)64-81(119)96-62(83(121)122)43-27-50(102)44(31-90-19-8-20-91-82(120)72(112)70(110)68(108)51(103)32-99)67(107)59(43)42-22-38(13-16-49(42)101)60(78(116)98-64)95-79(117)61(41)94-77(115)48(28-57(88)104)93-80(118)63(97-76(114)47(89-6)21-34(2)3)65(105)39-14-17-52(124-54)45(86)23-39/h1,9-18,22-27,34-35,47-48,51,56,58,60-66,68-72,74-75,84,89-90,92,99-103,105-113H,8,19-21,28-33H2,2-6H3,(H2,88,104)(H,91,120)(H,93,118)(H,94,115)(H,95,117)(H,96,119)(H,97,114)(H,98,116)(H,121,122)/t35-,47+,48-,51+,56+,58-,60+,61+,62-,63+,64-,65+,66+,68+,69+,70-,71-,72+,74+,75+,84-,85-/m0/s1. The van der Waals surface area contributed by atoms with Crippen molar-refractivity contribution >= 4 is 76.4 Å². The summed E-state index contributed by atoms with van der Waals surface area (Å²) < 4.78 is 39.4. The summed E-state index contributed by atoms with van der Waals surface area (Å²) >= 11 is 14.3. The molecule has 690 valence electrons. The normalized spacial score (nSPS) is 26.6. The van der Waals surface area contributed by atoms with Gasteiger partial charge in [-0.25, -0.2) is 4.79 Å². The largest absolute Gasteiger partial charge is 0.507 e. The first-order valence-corrected chi connectivity index (χ1v) is 41.2. The lowest BCUT2D eigenvalue weighted by Crippen LogP contribution is -2.65. The fourth-order valence-corrected chi connectivity index (χ4v) is 15.8. The van der Waals surface area contributed by atoms with Gasteiger partial charge in [-0.2, -0.15) is 0 Å². The maximum Gasteiger partial charge on any atom is 0.330 e. The number of fused-ring (bicyclic) bond motifs is 15. The lowest BCUT2D eigenvalue weighted by molar-refractivity contribution is -0.334. The van der Waals surface area contributed by atoms with Crippen LogP contribution in [0.4, 0.5) is 0 Å². The number of benzene rings is 6. The Morgan fingerprint density at radius 1 is 0.695 bits per heavy atom. The first-order chi connectivity index (χ1) is 60.7. The number of aliphatic hydroxyl groups is 11. The van der Waals surface area contributed by atoms with Crippen molar-refractivity contribution in [2.24, 2.45) is 11.7 Å². The summed E-state index contributed by atoms with van der Waals surface area (Å²) in [4.78, 5) is 132. The molecule has 0 spiro atoms. The number of carboxylic acids is 1. The van der Waals surface area contributed by atoms with Crippen LogP contribution in [-0.2, 0) is 70.5 Å².